The number of fused-ring (bicyclic) bond motifs is 1. The van der Waals surface area contributed by atoms with E-state index in [4.69, 9.17) is 5.73 Å². The molecule has 5 heteroatoms. The molecule has 0 amide bonds. The average Bonchev–Trinajstić information content (AvgIpc) is 2.84. The summed E-state index contributed by atoms with van der Waals surface area (Å²) in [7, 11) is 2.03. The minimum absolute atomic E-state index is 0.504. The summed E-state index contributed by atoms with van der Waals surface area (Å²) >= 11 is 3.57. The van der Waals surface area contributed by atoms with Gasteiger partial charge < -0.3 is 10.3 Å². The third-order valence-corrected chi connectivity index (χ3v) is 3.52. The zero-order valence-electron chi connectivity index (χ0n) is 9.24. The van der Waals surface area contributed by atoms with Gasteiger partial charge in [-0.2, -0.15) is 5.10 Å². The van der Waals surface area contributed by atoms with Crippen LogP contribution in [-0.4, -0.2) is 14.8 Å². The van der Waals surface area contributed by atoms with Crippen molar-refractivity contribution in [3.05, 3.63) is 34.8 Å². The van der Waals surface area contributed by atoms with E-state index in [0.717, 1.165) is 21.4 Å². The number of nitrogens with one attached hydrogen (secondary N) is 1. The molecule has 0 aliphatic carbocycles. The number of hydrogen-bond donors (Lipinski definition) is 2. The summed E-state index contributed by atoms with van der Waals surface area (Å²) in [5.74, 6) is 0.504. The number of nitrogen functional groups attached to an aromatic ring is 1. The van der Waals surface area contributed by atoms with E-state index in [9.17, 15) is 0 Å². The first-order valence-electron chi connectivity index (χ1n) is 5.22. The molecule has 0 unspecified atom stereocenters. The molecule has 0 atom stereocenters. The number of anilines is 1. The van der Waals surface area contributed by atoms with E-state index in [2.05, 4.69) is 42.8 Å². The molecule has 0 aliphatic rings. The number of benzene rings is 1. The maximum atomic E-state index is 5.63. The maximum absolute atomic E-state index is 5.63. The predicted octanol–water partition coefficient (Wildman–Crippen LogP) is 2.91. The molecule has 2 aromatic heterocycles. The second-order valence-electron chi connectivity index (χ2n) is 3.97. The topological polar surface area (TPSA) is 59.6 Å². The Balaban J connectivity index is 2.32. The van der Waals surface area contributed by atoms with Crippen LogP contribution >= 0.6 is 15.9 Å². The number of halogens is 1. The molecule has 3 aromatic rings. The van der Waals surface area contributed by atoms with Gasteiger partial charge in [0.05, 0.1) is 16.9 Å². The Bertz CT molecular complexity index is 696. The molecule has 2 heterocycles. The summed E-state index contributed by atoms with van der Waals surface area (Å²) in [5.41, 5.74) is 8.78. The first-order chi connectivity index (χ1) is 8.16. The van der Waals surface area contributed by atoms with E-state index in [-0.39, 0.29) is 0 Å². The third kappa shape index (κ3) is 1.54. The fraction of sp³-hybridized carbons (Fsp3) is 0.0833. The summed E-state index contributed by atoms with van der Waals surface area (Å²) in [6.07, 6.45) is 0. The normalized spacial score (nSPS) is 11.2. The summed E-state index contributed by atoms with van der Waals surface area (Å²) < 4.78 is 3.20. The van der Waals surface area contributed by atoms with Crippen molar-refractivity contribution in [3.63, 3.8) is 0 Å². The zero-order chi connectivity index (χ0) is 12.0. The van der Waals surface area contributed by atoms with Crippen molar-refractivity contribution in [2.24, 2.45) is 7.05 Å². The number of H-pyrrole nitrogens is 1. The summed E-state index contributed by atoms with van der Waals surface area (Å²) in [5, 5.41) is 8.07. The summed E-state index contributed by atoms with van der Waals surface area (Å²) in [6.45, 7) is 0. The first kappa shape index (κ1) is 10.4. The minimum Gasteiger partial charge on any atom is -0.382 e. The molecule has 0 spiro atoms. The molecule has 0 fully saturated rings. The van der Waals surface area contributed by atoms with Crippen LogP contribution in [0.5, 0.6) is 0 Å². The van der Waals surface area contributed by atoms with E-state index in [1.807, 2.05) is 25.2 Å². The fourth-order valence-corrected chi connectivity index (χ4v) is 2.74. The number of aromatic nitrogens is 3. The highest BCUT2D eigenvalue weighted by atomic mass is 79.9. The SMILES string of the molecule is Cn1c(-c2cc(N)n[nH]2)cc2cccc(Br)c21. The van der Waals surface area contributed by atoms with Crippen LogP contribution in [0.3, 0.4) is 0 Å². The van der Waals surface area contributed by atoms with E-state index in [0.29, 0.717) is 5.82 Å². The molecule has 86 valence electrons. The molecule has 0 bridgehead atoms. The minimum atomic E-state index is 0.504. The van der Waals surface area contributed by atoms with E-state index < -0.39 is 0 Å². The predicted molar refractivity (Wildman–Crippen MR) is 72.6 cm³/mol. The molecule has 4 nitrogen and oxygen atoms in total. The largest absolute Gasteiger partial charge is 0.382 e. The lowest BCUT2D eigenvalue weighted by molar-refractivity contribution is 0.962. The smallest absolute Gasteiger partial charge is 0.145 e. The lowest BCUT2D eigenvalue weighted by Gasteiger charge is -2.02. The van der Waals surface area contributed by atoms with Crippen LogP contribution in [0.1, 0.15) is 0 Å². The van der Waals surface area contributed by atoms with Crippen LogP contribution in [-0.2, 0) is 7.05 Å². The molecule has 17 heavy (non-hydrogen) atoms. The molecule has 0 aliphatic heterocycles. The van der Waals surface area contributed by atoms with Crippen LogP contribution in [0.15, 0.2) is 34.8 Å². The van der Waals surface area contributed by atoms with Gasteiger partial charge in [-0.25, -0.2) is 0 Å². The first-order valence-corrected chi connectivity index (χ1v) is 6.01. The molecule has 0 saturated heterocycles. The Morgan fingerprint density at radius 1 is 1.35 bits per heavy atom. The zero-order valence-corrected chi connectivity index (χ0v) is 10.8. The van der Waals surface area contributed by atoms with Gasteiger partial charge in [0.25, 0.3) is 0 Å². The van der Waals surface area contributed by atoms with Gasteiger partial charge in [0, 0.05) is 23.0 Å². The van der Waals surface area contributed by atoms with Gasteiger partial charge in [0.15, 0.2) is 0 Å². The third-order valence-electron chi connectivity index (χ3n) is 2.88. The number of para-hydroxylation sites is 1. The number of aryl methyl sites for hydroxylation is 1. The van der Waals surface area contributed by atoms with E-state index >= 15 is 0 Å². The van der Waals surface area contributed by atoms with Gasteiger partial charge in [-0.1, -0.05) is 12.1 Å². The highest BCUT2D eigenvalue weighted by Crippen LogP contribution is 2.31. The molecular formula is C12H11BrN4. The van der Waals surface area contributed by atoms with Crippen molar-refractivity contribution < 1.29 is 0 Å². The number of nitrogens with zero attached hydrogens (tertiary/aromatic N) is 2. The molecule has 1 aromatic carbocycles. The monoisotopic (exact) mass is 290 g/mol. The van der Waals surface area contributed by atoms with Gasteiger partial charge in [-0.3, -0.25) is 5.10 Å². The van der Waals surface area contributed by atoms with Crippen molar-refractivity contribution in [3.8, 4) is 11.4 Å². The lowest BCUT2D eigenvalue weighted by atomic mass is 10.2. The highest BCUT2D eigenvalue weighted by molar-refractivity contribution is 9.10. The van der Waals surface area contributed by atoms with E-state index in [1.165, 1.54) is 5.39 Å². The van der Waals surface area contributed by atoms with Crippen LogP contribution in [0, 0.1) is 0 Å². The number of nitrogens with two attached hydrogens (primary N) is 1. The highest BCUT2D eigenvalue weighted by Gasteiger charge is 2.11. The Hall–Kier alpha value is -1.75. The van der Waals surface area contributed by atoms with E-state index in [1.54, 1.807) is 0 Å². The number of rotatable bonds is 1. The van der Waals surface area contributed by atoms with Gasteiger partial charge in [-0.15, -0.1) is 0 Å². The van der Waals surface area contributed by atoms with Crippen molar-refractivity contribution in [1.29, 1.82) is 0 Å². The summed E-state index contributed by atoms with van der Waals surface area (Å²) in [4.78, 5) is 0. The number of aromatic amines is 1. The maximum Gasteiger partial charge on any atom is 0.145 e. The van der Waals surface area contributed by atoms with Crippen LogP contribution in [0.25, 0.3) is 22.3 Å². The molecule has 3 rings (SSSR count). The Morgan fingerprint density at radius 3 is 2.82 bits per heavy atom. The van der Waals surface area contributed by atoms with Crippen molar-refractivity contribution in [1.82, 2.24) is 14.8 Å². The van der Waals surface area contributed by atoms with Crippen LogP contribution < -0.4 is 5.73 Å². The Morgan fingerprint density at radius 2 is 2.18 bits per heavy atom. The molecule has 0 radical (unpaired) electrons. The van der Waals surface area contributed by atoms with Crippen LogP contribution in [0.2, 0.25) is 0 Å². The number of hydrogen-bond acceptors (Lipinski definition) is 2. The van der Waals surface area contributed by atoms with Crippen molar-refractivity contribution >= 4 is 32.7 Å². The molecule has 3 N–H and O–H groups in total. The quantitative estimate of drug-likeness (QED) is 0.724. The molecule has 0 saturated carbocycles. The van der Waals surface area contributed by atoms with Crippen molar-refractivity contribution in [2.45, 2.75) is 0 Å². The standard InChI is InChI=1S/C12H11BrN4/c1-17-10(9-6-11(14)16-15-9)5-7-3-2-4-8(13)12(7)17/h2-6H,1H3,(H3,14,15,16). The van der Waals surface area contributed by atoms with Gasteiger partial charge >= 0.3 is 0 Å². The summed E-state index contributed by atoms with van der Waals surface area (Å²) in [6, 6.07) is 10.1. The Kier molecular flexibility index (Phi) is 2.22. The Labute approximate surface area is 107 Å². The van der Waals surface area contributed by atoms with Gasteiger partial charge in [-0.05, 0) is 28.1 Å². The second kappa shape index (κ2) is 3.63. The van der Waals surface area contributed by atoms with Crippen molar-refractivity contribution in [2.75, 3.05) is 5.73 Å². The fourth-order valence-electron chi connectivity index (χ4n) is 2.09. The van der Waals surface area contributed by atoms with Gasteiger partial charge in [0.2, 0.25) is 0 Å². The van der Waals surface area contributed by atoms with Crippen LogP contribution in [0.4, 0.5) is 5.82 Å². The lowest BCUT2D eigenvalue weighted by Crippen LogP contribution is -1.91. The second-order valence-corrected chi connectivity index (χ2v) is 4.83. The van der Waals surface area contributed by atoms with Gasteiger partial charge in [0.1, 0.15) is 5.82 Å². The molecular weight excluding hydrogens is 280 g/mol. The average molecular weight is 291 g/mol.